The summed E-state index contributed by atoms with van der Waals surface area (Å²) < 4.78 is 16.3. The molecule has 0 saturated heterocycles. The van der Waals surface area contributed by atoms with Gasteiger partial charge in [0.1, 0.15) is 6.29 Å². The lowest BCUT2D eigenvalue weighted by Crippen LogP contribution is -2.28. The van der Waals surface area contributed by atoms with Crippen molar-refractivity contribution in [3.05, 3.63) is 12.2 Å². The summed E-state index contributed by atoms with van der Waals surface area (Å²) >= 11 is 0. The number of esters is 1. The Labute approximate surface area is 119 Å². The lowest BCUT2D eigenvalue weighted by Gasteiger charge is -2.26. The summed E-state index contributed by atoms with van der Waals surface area (Å²) in [5.41, 5.74) is 0.363. The Morgan fingerprint density at radius 3 is 2.37 bits per heavy atom. The molecular weight excluding hydrogens is 260 g/mol. The molecule has 0 heterocycles. The molecule has 0 aliphatic carbocycles. The van der Waals surface area contributed by atoms with Crippen LogP contribution in [-0.4, -0.2) is 28.3 Å². The number of carbonyl (C=O) groups is 1. The second-order valence-corrected chi connectivity index (χ2v) is 8.22. The fourth-order valence-electron chi connectivity index (χ4n) is 1.68. The van der Waals surface area contributed by atoms with E-state index in [4.69, 9.17) is 13.9 Å². The van der Waals surface area contributed by atoms with Gasteiger partial charge in [-0.3, -0.25) is 0 Å². The molecule has 0 radical (unpaired) electrons. The summed E-state index contributed by atoms with van der Waals surface area (Å²) in [7, 11) is -0.688. The van der Waals surface area contributed by atoms with Crippen molar-refractivity contribution in [2.24, 2.45) is 0 Å². The van der Waals surface area contributed by atoms with Gasteiger partial charge in [-0.25, -0.2) is 4.79 Å². The van der Waals surface area contributed by atoms with E-state index in [-0.39, 0.29) is 11.3 Å². The molecule has 0 aliphatic heterocycles. The molecule has 0 fully saturated rings. The average Bonchev–Trinajstić information content (AvgIpc) is 2.26. The lowest BCUT2D eigenvalue weighted by molar-refractivity contribution is -0.205. The maximum absolute atomic E-state index is 11.3. The van der Waals surface area contributed by atoms with E-state index in [1.807, 2.05) is 6.92 Å². The van der Waals surface area contributed by atoms with E-state index in [0.29, 0.717) is 5.57 Å². The van der Waals surface area contributed by atoms with Gasteiger partial charge in [-0.2, -0.15) is 0 Å². The van der Waals surface area contributed by atoms with Crippen LogP contribution in [0.15, 0.2) is 12.2 Å². The number of rotatable bonds is 9. The molecule has 0 bridgehead atoms. The SMILES string of the molecule is C=C(C)C(=O)OC(C)OC(C)O[SiH2]C(C)(C)CCC. The lowest BCUT2D eigenvalue weighted by atomic mass is 10.1. The first-order valence-electron chi connectivity index (χ1n) is 6.81. The number of hydrogen-bond donors (Lipinski definition) is 0. The van der Waals surface area contributed by atoms with Crippen molar-refractivity contribution in [1.82, 2.24) is 0 Å². The van der Waals surface area contributed by atoms with Gasteiger partial charge in [0.2, 0.25) is 6.29 Å². The number of hydrogen-bond acceptors (Lipinski definition) is 4. The van der Waals surface area contributed by atoms with Gasteiger partial charge in [0.05, 0.1) is 0 Å². The summed E-state index contributed by atoms with van der Waals surface area (Å²) in [6.07, 6.45) is 1.34. The van der Waals surface area contributed by atoms with Crippen LogP contribution in [0.5, 0.6) is 0 Å². The molecule has 5 heteroatoms. The van der Waals surface area contributed by atoms with Gasteiger partial charge in [0.15, 0.2) is 9.76 Å². The Hall–Kier alpha value is -0.653. The van der Waals surface area contributed by atoms with Crippen LogP contribution in [0, 0.1) is 0 Å². The van der Waals surface area contributed by atoms with Gasteiger partial charge in [-0.05, 0) is 32.2 Å². The van der Waals surface area contributed by atoms with Crippen LogP contribution in [-0.2, 0) is 18.7 Å². The monoisotopic (exact) mass is 288 g/mol. The maximum atomic E-state index is 11.3. The van der Waals surface area contributed by atoms with Crippen molar-refractivity contribution in [2.45, 2.75) is 72.0 Å². The van der Waals surface area contributed by atoms with E-state index in [1.165, 1.54) is 0 Å². The molecule has 0 N–H and O–H groups in total. The van der Waals surface area contributed by atoms with Gasteiger partial charge in [0.25, 0.3) is 0 Å². The second-order valence-electron chi connectivity index (χ2n) is 5.68. The normalized spacial score (nSPS) is 15.5. The number of ether oxygens (including phenoxy) is 2. The smallest absolute Gasteiger partial charge is 0.335 e. The molecule has 0 saturated carbocycles. The van der Waals surface area contributed by atoms with Crippen molar-refractivity contribution in [2.75, 3.05) is 0 Å². The molecule has 0 aromatic carbocycles. The van der Waals surface area contributed by atoms with Gasteiger partial charge in [0, 0.05) is 5.57 Å². The molecule has 0 aliphatic rings. The fraction of sp³-hybridized carbons (Fsp3) is 0.786. The minimum atomic E-state index is -0.688. The third kappa shape index (κ3) is 8.97. The van der Waals surface area contributed by atoms with Crippen molar-refractivity contribution in [3.8, 4) is 0 Å². The van der Waals surface area contributed by atoms with Crippen LogP contribution in [0.2, 0.25) is 5.04 Å². The molecular formula is C14H28O4Si. The van der Waals surface area contributed by atoms with Gasteiger partial charge in [-0.1, -0.05) is 33.8 Å². The van der Waals surface area contributed by atoms with E-state index in [0.717, 1.165) is 12.8 Å². The Balaban J connectivity index is 4.00. The summed E-state index contributed by atoms with van der Waals surface area (Å²) in [6, 6.07) is 0. The summed E-state index contributed by atoms with van der Waals surface area (Å²) in [5.74, 6) is -0.441. The van der Waals surface area contributed by atoms with Crippen molar-refractivity contribution in [1.29, 1.82) is 0 Å². The third-order valence-corrected chi connectivity index (χ3v) is 4.41. The van der Waals surface area contributed by atoms with Crippen LogP contribution in [0.3, 0.4) is 0 Å². The molecule has 2 atom stereocenters. The highest BCUT2D eigenvalue weighted by atomic mass is 28.2. The van der Waals surface area contributed by atoms with E-state index in [1.54, 1.807) is 13.8 Å². The zero-order chi connectivity index (χ0) is 15.1. The highest BCUT2D eigenvalue weighted by Crippen LogP contribution is 2.29. The van der Waals surface area contributed by atoms with Crippen LogP contribution in [0.25, 0.3) is 0 Å². The number of carbonyl (C=O) groups excluding carboxylic acids is 1. The van der Waals surface area contributed by atoms with Crippen molar-refractivity contribution < 1.29 is 18.7 Å². The Morgan fingerprint density at radius 1 is 1.32 bits per heavy atom. The molecule has 112 valence electrons. The Morgan fingerprint density at radius 2 is 1.89 bits per heavy atom. The molecule has 2 unspecified atom stereocenters. The highest BCUT2D eigenvalue weighted by molar-refractivity contribution is 6.31. The first-order valence-corrected chi connectivity index (χ1v) is 8.10. The summed E-state index contributed by atoms with van der Waals surface area (Å²) in [4.78, 5) is 11.3. The summed E-state index contributed by atoms with van der Waals surface area (Å²) in [6.45, 7) is 15.3. The summed E-state index contributed by atoms with van der Waals surface area (Å²) in [5, 5.41) is 0.268. The van der Waals surface area contributed by atoms with Crippen molar-refractivity contribution in [3.63, 3.8) is 0 Å². The fourth-order valence-corrected chi connectivity index (χ4v) is 2.94. The Bertz CT molecular complexity index is 302. The van der Waals surface area contributed by atoms with Crippen LogP contribution >= 0.6 is 0 Å². The van der Waals surface area contributed by atoms with Gasteiger partial charge in [-0.15, -0.1) is 0 Å². The second kappa shape index (κ2) is 8.50. The first-order chi connectivity index (χ1) is 8.68. The molecule has 0 rings (SSSR count). The van der Waals surface area contributed by atoms with Gasteiger partial charge >= 0.3 is 5.97 Å². The topological polar surface area (TPSA) is 44.8 Å². The third-order valence-electron chi connectivity index (χ3n) is 2.64. The molecule has 0 aromatic heterocycles. The molecule has 0 spiro atoms. The van der Waals surface area contributed by atoms with Crippen LogP contribution in [0.4, 0.5) is 0 Å². The molecule has 4 nitrogen and oxygen atoms in total. The standard InChI is InChI=1S/C14H28O4Si/c1-8-9-14(6,7)19-18-12(5)16-11(4)17-13(15)10(2)3/h11-12H,2,8-9,19H2,1,3-7H3. The van der Waals surface area contributed by atoms with E-state index in [9.17, 15) is 4.79 Å². The quantitative estimate of drug-likeness (QED) is 0.283. The Kier molecular flexibility index (Phi) is 8.21. The van der Waals surface area contributed by atoms with Crippen LogP contribution in [0.1, 0.15) is 54.4 Å². The predicted octanol–water partition coefficient (Wildman–Crippen LogP) is 2.91. The average molecular weight is 288 g/mol. The first kappa shape index (κ1) is 18.3. The van der Waals surface area contributed by atoms with E-state index >= 15 is 0 Å². The highest BCUT2D eigenvalue weighted by Gasteiger charge is 2.21. The molecule has 19 heavy (non-hydrogen) atoms. The largest absolute Gasteiger partial charge is 0.433 e. The van der Waals surface area contributed by atoms with Crippen LogP contribution < -0.4 is 0 Å². The van der Waals surface area contributed by atoms with Gasteiger partial charge < -0.3 is 13.9 Å². The minimum absolute atomic E-state index is 0.268. The molecule has 0 amide bonds. The zero-order valence-electron chi connectivity index (χ0n) is 13.1. The molecule has 0 aromatic rings. The minimum Gasteiger partial charge on any atom is -0.433 e. The van der Waals surface area contributed by atoms with E-state index < -0.39 is 22.0 Å². The maximum Gasteiger partial charge on any atom is 0.335 e. The van der Waals surface area contributed by atoms with Crippen molar-refractivity contribution >= 4 is 15.7 Å². The predicted molar refractivity (Wildman–Crippen MR) is 79.5 cm³/mol. The van der Waals surface area contributed by atoms with E-state index in [2.05, 4.69) is 27.4 Å². The zero-order valence-corrected chi connectivity index (χ0v) is 14.5.